The first-order chi connectivity index (χ1) is 10.8. The topological polar surface area (TPSA) is 54.7 Å². The van der Waals surface area contributed by atoms with Gasteiger partial charge in [0.2, 0.25) is 0 Å². The average Bonchev–Trinajstić information content (AvgIpc) is 3.24. The normalized spacial score (nSPS) is 18.4. The van der Waals surface area contributed by atoms with E-state index in [1.54, 1.807) is 16.2 Å². The number of carbonyl (C=O) groups excluding carboxylic acids is 1. The average molecular weight is 320 g/mol. The first kappa shape index (κ1) is 15.1. The molecule has 0 radical (unpaired) electrons. The Bertz CT molecular complexity index is 609. The van der Waals surface area contributed by atoms with Gasteiger partial charge in [0.05, 0.1) is 13.2 Å². The summed E-state index contributed by atoms with van der Waals surface area (Å²) in [4.78, 5) is 14.3. The van der Waals surface area contributed by atoms with E-state index >= 15 is 0 Å². The summed E-state index contributed by atoms with van der Waals surface area (Å²) in [7, 11) is 0. The van der Waals surface area contributed by atoms with Crippen LogP contribution in [0.1, 0.15) is 30.0 Å². The zero-order valence-electron chi connectivity index (χ0n) is 12.6. The zero-order chi connectivity index (χ0) is 15.4. The highest BCUT2D eigenvalue weighted by molar-refractivity contribution is 7.07. The number of rotatable bonds is 4. The SMILES string of the molecule is CCc1ccc([C@H]2COCCN2C(=O)NCc2ccsc2)o1. The molecule has 0 spiro atoms. The van der Waals surface area contributed by atoms with Crippen LogP contribution in [0.5, 0.6) is 0 Å². The standard InChI is InChI=1S/C16H20N2O3S/c1-2-13-3-4-15(21-13)14-10-20-7-6-18(14)16(19)17-9-12-5-8-22-11-12/h3-5,8,11,14H,2,6-7,9-10H2,1H3,(H,17,19)/t14-/m1/s1. The molecule has 118 valence electrons. The van der Waals surface area contributed by atoms with Crippen molar-refractivity contribution in [3.8, 4) is 0 Å². The minimum absolute atomic E-state index is 0.0750. The number of ether oxygens (including phenoxy) is 1. The molecule has 3 heterocycles. The number of thiophene rings is 1. The van der Waals surface area contributed by atoms with Gasteiger partial charge in [-0.2, -0.15) is 11.3 Å². The van der Waals surface area contributed by atoms with Gasteiger partial charge < -0.3 is 19.4 Å². The smallest absolute Gasteiger partial charge is 0.318 e. The molecule has 2 amide bonds. The van der Waals surface area contributed by atoms with Crippen molar-refractivity contribution in [1.82, 2.24) is 10.2 Å². The summed E-state index contributed by atoms with van der Waals surface area (Å²) in [5, 5.41) is 7.02. The fourth-order valence-electron chi connectivity index (χ4n) is 2.52. The number of furan rings is 1. The Labute approximate surface area is 133 Å². The van der Waals surface area contributed by atoms with Crippen LogP contribution in [-0.2, 0) is 17.7 Å². The fraction of sp³-hybridized carbons (Fsp3) is 0.438. The molecule has 0 bridgehead atoms. The molecule has 6 heteroatoms. The number of hydrogen-bond donors (Lipinski definition) is 1. The Morgan fingerprint density at radius 1 is 1.45 bits per heavy atom. The summed E-state index contributed by atoms with van der Waals surface area (Å²) >= 11 is 1.63. The number of carbonyl (C=O) groups is 1. The molecule has 2 aromatic rings. The lowest BCUT2D eigenvalue weighted by atomic mass is 10.2. The van der Waals surface area contributed by atoms with Crippen LogP contribution in [0.3, 0.4) is 0 Å². The molecular formula is C16H20N2O3S. The summed E-state index contributed by atoms with van der Waals surface area (Å²) in [6.07, 6.45) is 0.845. The van der Waals surface area contributed by atoms with Crippen molar-refractivity contribution < 1.29 is 13.9 Å². The Balaban J connectivity index is 1.67. The van der Waals surface area contributed by atoms with E-state index in [9.17, 15) is 4.79 Å². The second kappa shape index (κ2) is 6.98. The number of morpholine rings is 1. The third-order valence-corrected chi connectivity index (χ3v) is 4.50. The highest BCUT2D eigenvalue weighted by Gasteiger charge is 2.30. The van der Waals surface area contributed by atoms with Gasteiger partial charge in [-0.25, -0.2) is 4.79 Å². The second-order valence-corrected chi connectivity index (χ2v) is 6.01. The van der Waals surface area contributed by atoms with Crippen molar-refractivity contribution >= 4 is 17.4 Å². The van der Waals surface area contributed by atoms with Gasteiger partial charge in [0.1, 0.15) is 17.6 Å². The highest BCUT2D eigenvalue weighted by Crippen LogP contribution is 2.26. The predicted octanol–water partition coefficient (Wildman–Crippen LogP) is 3.19. The maximum atomic E-state index is 12.5. The van der Waals surface area contributed by atoms with Crippen LogP contribution in [0.25, 0.3) is 0 Å². The van der Waals surface area contributed by atoms with E-state index in [0.29, 0.717) is 26.3 Å². The molecular weight excluding hydrogens is 300 g/mol. The van der Waals surface area contributed by atoms with Crippen molar-refractivity contribution in [1.29, 1.82) is 0 Å². The van der Waals surface area contributed by atoms with E-state index in [1.165, 1.54) is 0 Å². The minimum Gasteiger partial charge on any atom is -0.464 e. The van der Waals surface area contributed by atoms with Crippen LogP contribution >= 0.6 is 11.3 Å². The van der Waals surface area contributed by atoms with Gasteiger partial charge in [0.25, 0.3) is 0 Å². The number of nitrogens with one attached hydrogen (secondary N) is 1. The molecule has 0 saturated carbocycles. The summed E-state index contributed by atoms with van der Waals surface area (Å²) in [5.41, 5.74) is 1.12. The van der Waals surface area contributed by atoms with Crippen LogP contribution < -0.4 is 5.32 Å². The van der Waals surface area contributed by atoms with Crippen LogP contribution in [0.2, 0.25) is 0 Å². The highest BCUT2D eigenvalue weighted by atomic mass is 32.1. The maximum Gasteiger partial charge on any atom is 0.318 e. The molecule has 1 N–H and O–H groups in total. The third kappa shape index (κ3) is 3.34. The van der Waals surface area contributed by atoms with Crippen LogP contribution in [0, 0.1) is 0 Å². The van der Waals surface area contributed by atoms with E-state index < -0.39 is 0 Å². The van der Waals surface area contributed by atoms with Gasteiger partial charge in [0.15, 0.2) is 0 Å². The number of aryl methyl sites for hydroxylation is 1. The van der Waals surface area contributed by atoms with E-state index in [2.05, 4.69) is 5.32 Å². The summed E-state index contributed by atoms with van der Waals surface area (Å²) in [6.45, 7) is 4.20. The monoisotopic (exact) mass is 320 g/mol. The molecule has 0 aromatic carbocycles. The lowest BCUT2D eigenvalue weighted by Crippen LogP contribution is -2.47. The zero-order valence-corrected chi connectivity index (χ0v) is 13.4. The molecule has 3 rings (SSSR count). The molecule has 1 saturated heterocycles. The Hall–Kier alpha value is -1.79. The van der Waals surface area contributed by atoms with Crippen LogP contribution in [0.4, 0.5) is 4.79 Å². The van der Waals surface area contributed by atoms with Gasteiger partial charge in [-0.15, -0.1) is 0 Å². The molecule has 5 nitrogen and oxygen atoms in total. The van der Waals surface area contributed by atoms with E-state index in [0.717, 1.165) is 23.5 Å². The number of nitrogens with zero attached hydrogens (tertiary/aromatic N) is 1. The Morgan fingerprint density at radius 3 is 3.09 bits per heavy atom. The van der Waals surface area contributed by atoms with E-state index in [4.69, 9.17) is 9.15 Å². The second-order valence-electron chi connectivity index (χ2n) is 5.23. The summed E-state index contributed by atoms with van der Waals surface area (Å²) in [6, 6.07) is 5.69. The van der Waals surface area contributed by atoms with Crippen molar-refractivity contribution in [2.75, 3.05) is 19.8 Å². The van der Waals surface area contributed by atoms with Crippen LogP contribution in [0.15, 0.2) is 33.4 Å². The molecule has 1 fully saturated rings. The van der Waals surface area contributed by atoms with Gasteiger partial charge >= 0.3 is 6.03 Å². The molecule has 1 aliphatic heterocycles. The molecule has 1 aliphatic rings. The first-order valence-corrected chi connectivity index (χ1v) is 8.44. The van der Waals surface area contributed by atoms with Crippen LogP contribution in [-0.4, -0.2) is 30.7 Å². The van der Waals surface area contributed by atoms with E-state index in [1.807, 2.05) is 35.9 Å². The van der Waals surface area contributed by atoms with Gasteiger partial charge in [-0.1, -0.05) is 6.92 Å². The predicted molar refractivity (Wildman–Crippen MR) is 84.9 cm³/mol. The van der Waals surface area contributed by atoms with Crippen molar-refractivity contribution in [3.63, 3.8) is 0 Å². The van der Waals surface area contributed by atoms with E-state index in [-0.39, 0.29) is 12.1 Å². The van der Waals surface area contributed by atoms with Gasteiger partial charge in [0, 0.05) is 19.5 Å². The molecule has 1 atom stereocenters. The number of amides is 2. The Morgan fingerprint density at radius 2 is 2.36 bits per heavy atom. The largest absolute Gasteiger partial charge is 0.464 e. The van der Waals surface area contributed by atoms with Crippen molar-refractivity contribution in [2.24, 2.45) is 0 Å². The lowest BCUT2D eigenvalue weighted by Gasteiger charge is -2.34. The fourth-order valence-corrected chi connectivity index (χ4v) is 3.19. The minimum atomic E-state index is -0.156. The summed E-state index contributed by atoms with van der Waals surface area (Å²) in [5.74, 6) is 1.72. The molecule has 0 unspecified atom stereocenters. The van der Waals surface area contributed by atoms with Gasteiger partial charge in [-0.05, 0) is 34.5 Å². The maximum absolute atomic E-state index is 12.5. The number of hydrogen-bond acceptors (Lipinski definition) is 4. The summed E-state index contributed by atoms with van der Waals surface area (Å²) < 4.78 is 11.3. The molecule has 2 aromatic heterocycles. The molecule has 0 aliphatic carbocycles. The first-order valence-electron chi connectivity index (χ1n) is 7.50. The van der Waals surface area contributed by atoms with Crippen molar-refractivity contribution in [3.05, 3.63) is 46.0 Å². The molecule has 22 heavy (non-hydrogen) atoms. The third-order valence-electron chi connectivity index (χ3n) is 3.77. The lowest BCUT2D eigenvalue weighted by molar-refractivity contribution is 0.00392. The Kier molecular flexibility index (Phi) is 4.80. The number of urea groups is 1. The quantitative estimate of drug-likeness (QED) is 0.941. The van der Waals surface area contributed by atoms with Gasteiger partial charge in [-0.3, -0.25) is 0 Å². The van der Waals surface area contributed by atoms with Crippen molar-refractivity contribution in [2.45, 2.75) is 25.9 Å².